The van der Waals surface area contributed by atoms with Crippen molar-refractivity contribution in [3.8, 4) is 17.0 Å². The van der Waals surface area contributed by atoms with Gasteiger partial charge in [-0.1, -0.05) is 30.7 Å². The minimum atomic E-state index is -3.99. The van der Waals surface area contributed by atoms with Crippen LogP contribution in [0.15, 0.2) is 53.7 Å². The molecule has 0 unspecified atom stereocenters. The average Bonchev–Trinajstić information content (AvgIpc) is 2.93. The van der Waals surface area contributed by atoms with E-state index >= 15 is 0 Å². The molecule has 2 aromatic heterocycles. The number of hydrogen-bond donors (Lipinski definition) is 3. The Hall–Kier alpha value is -3.54. The number of benzene rings is 2. The number of nitrogens with one attached hydrogen (secondary N) is 2. The molecule has 39 heavy (non-hydrogen) atoms. The lowest BCUT2D eigenvalue weighted by molar-refractivity contribution is 0.399. The second kappa shape index (κ2) is 11.3. The van der Waals surface area contributed by atoms with E-state index in [0.717, 1.165) is 54.1 Å². The van der Waals surface area contributed by atoms with Crippen LogP contribution in [0.1, 0.15) is 38.2 Å². The van der Waals surface area contributed by atoms with Crippen LogP contribution in [0.2, 0.25) is 5.02 Å². The summed E-state index contributed by atoms with van der Waals surface area (Å²) in [6.45, 7) is 2.07. The van der Waals surface area contributed by atoms with Crippen molar-refractivity contribution in [2.45, 2.75) is 56.0 Å². The Morgan fingerprint density at radius 2 is 1.79 bits per heavy atom. The van der Waals surface area contributed by atoms with Gasteiger partial charge >= 0.3 is 0 Å². The Morgan fingerprint density at radius 1 is 1.05 bits per heavy atom. The number of nitrogens with zero attached hydrogens (tertiary/aromatic N) is 4. The molecule has 1 saturated carbocycles. The maximum atomic E-state index is 12.8. The number of hydrogen-bond acceptors (Lipinski definition) is 9. The number of sulfonamides is 1. The number of ether oxygens (including phenoxy) is 1. The van der Waals surface area contributed by atoms with Crippen LogP contribution in [-0.2, 0) is 16.4 Å². The molecule has 2 heterocycles. The number of aromatic nitrogens is 4. The van der Waals surface area contributed by atoms with Gasteiger partial charge in [-0.05, 0) is 67.5 Å². The first kappa shape index (κ1) is 27.0. The molecule has 0 amide bonds. The molecule has 0 radical (unpaired) electrons. The zero-order valence-corrected chi connectivity index (χ0v) is 23.3. The lowest BCUT2D eigenvalue weighted by Crippen LogP contribution is -2.33. The molecule has 204 valence electrons. The maximum absolute atomic E-state index is 12.8. The summed E-state index contributed by atoms with van der Waals surface area (Å²) in [6, 6.07) is 10.7. The minimum Gasteiger partial charge on any atom is -0.480 e. The molecule has 1 fully saturated rings. The van der Waals surface area contributed by atoms with E-state index in [1.807, 2.05) is 12.1 Å². The quantitative estimate of drug-likeness (QED) is 0.273. The first-order chi connectivity index (χ1) is 18.8. The van der Waals surface area contributed by atoms with E-state index in [0.29, 0.717) is 17.6 Å². The van der Waals surface area contributed by atoms with Gasteiger partial charge < -0.3 is 15.8 Å². The highest BCUT2D eigenvalue weighted by molar-refractivity contribution is 7.92. The summed E-state index contributed by atoms with van der Waals surface area (Å²) in [5.74, 6) is 0.703. The predicted molar refractivity (Wildman–Crippen MR) is 153 cm³/mol. The Balaban J connectivity index is 1.44. The van der Waals surface area contributed by atoms with Crippen molar-refractivity contribution in [1.82, 2.24) is 19.9 Å². The third-order valence-corrected chi connectivity index (χ3v) is 8.69. The van der Waals surface area contributed by atoms with Gasteiger partial charge in [0.2, 0.25) is 17.8 Å². The lowest BCUT2D eigenvalue weighted by Gasteiger charge is -2.26. The smallest absolute Gasteiger partial charge is 0.265 e. The predicted octanol–water partition coefficient (Wildman–Crippen LogP) is 4.79. The normalized spacial score (nSPS) is 17.6. The highest BCUT2D eigenvalue weighted by Crippen LogP contribution is 2.33. The molecule has 0 saturated heterocycles. The van der Waals surface area contributed by atoms with Crippen molar-refractivity contribution < 1.29 is 13.2 Å². The van der Waals surface area contributed by atoms with Crippen LogP contribution in [0, 0.1) is 0 Å². The summed E-state index contributed by atoms with van der Waals surface area (Å²) in [6.07, 6.45) is 8.09. The van der Waals surface area contributed by atoms with E-state index < -0.39 is 10.0 Å². The Labute approximate surface area is 232 Å². The zero-order valence-electron chi connectivity index (χ0n) is 21.7. The largest absolute Gasteiger partial charge is 0.480 e. The maximum Gasteiger partial charge on any atom is 0.265 e. The molecule has 0 spiro atoms. The third-order valence-electron chi connectivity index (χ3n) is 6.86. The Morgan fingerprint density at radius 3 is 2.51 bits per heavy atom. The monoisotopic (exact) mass is 567 g/mol. The topological polar surface area (TPSA) is 145 Å². The van der Waals surface area contributed by atoms with Crippen LogP contribution in [-0.4, -0.2) is 47.5 Å². The van der Waals surface area contributed by atoms with Gasteiger partial charge in [-0.3, -0.25) is 0 Å². The lowest BCUT2D eigenvalue weighted by atomic mass is 9.92. The molecule has 2 aromatic carbocycles. The fourth-order valence-electron chi connectivity index (χ4n) is 4.77. The van der Waals surface area contributed by atoms with Crippen molar-refractivity contribution in [3.05, 3.63) is 59.4 Å². The summed E-state index contributed by atoms with van der Waals surface area (Å²) >= 11 is 6.08. The number of halogens is 1. The molecular weight excluding hydrogens is 538 g/mol. The summed E-state index contributed by atoms with van der Waals surface area (Å²) in [5, 5.41) is 4.43. The molecule has 1 aliphatic rings. The number of fused-ring (bicyclic) bond motifs is 1. The van der Waals surface area contributed by atoms with Crippen LogP contribution in [0.5, 0.6) is 5.88 Å². The summed E-state index contributed by atoms with van der Waals surface area (Å²) < 4.78 is 33.6. The standard InChI is InChI=1S/C27H30ClN7O3S/c1-3-16-12-17(13-18-14-30-26(33-24(16)18)32-20-10-8-19(29)9-11-20)21-15-31-27(34-25(21)38-2)35-39(36,37)23-7-5-4-6-22(23)28/h4-7,12-15,19-20H,3,8-11,29H2,1-2H3,(H,30,32,33)(H,31,34,35). The molecule has 12 heteroatoms. The van der Waals surface area contributed by atoms with Crippen molar-refractivity contribution >= 4 is 44.4 Å². The third kappa shape index (κ3) is 5.90. The van der Waals surface area contributed by atoms with Gasteiger partial charge in [0.25, 0.3) is 10.0 Å². The van der Waals surface area contributed by atoms with Gasteiger partial charge in [-0.2, -0.15) is 4.98 Å². The van der Waals surface area contributed by atoms with Gasteiger partial charge in [0.05, 0.1) is 23.2 Å². The first-order valence-electron chi connectivity index (χ1n) is 12.8. The van der Waals surface area contributed by atoms with Crippen molar-refractivity contribution in [3.63, 3.8) is 0 Å². The number of nitrogens with two attached hydrogens (primary N) is 1. The molecule has 4 N–H and O–H groups in total. The molecular formula is C27H30ClN7O3S. The van der Waals surface area contributed by atoms with Gasteiger partial charge in [-0.25, -0.2) is 28.1 Å². The Bertz CT molecular complexity index is 1610. The van der Waals surface area contributed by atoms with E-state index in [-0.39, 0.29) is 27.8 Å². The molecule has 0 atom stereocenters. The fourth-order valence-corrected chi connectivity index (χ4v) is 6.24. The first-order valence-corrected chi connectivity index (χ1v) is 14.6. The van der Waals surface area contributed by atoms with E-state index in [4.69, 9.17) is 27.1 Å². The second-order valence-electron chi connectivity index (χ2n) is 9.53. The van der Waals surface area contributed by atoms with E-state index in [2.05, 4.69) is 31.9 Å². The van der Waals surface area contributed by atoms with Crippen LogP contribution in [0.3, 0.4) is 0 Å². The van der Waals surface area contributed by atoms with Crippen molar-refractivity contribution in [2.24, 2.45) is 5.73 Å². The molecule has 5 rings (SSSR count). The summed E-state index contributed by atoms with van der Waals surface area (Å²) in [4.78, 5) is 17.9. The summed E-state index contributed by atoms with van der Waals surface area (Å²) in [7, 11) is -2.52. The van der Waals surface area contributed by atoms with Crippen LogP contribution >= 0.6 is 11.6 Å². The molecule has 1 aliphatic carbocycles. The van der Waals surface area contributed by atoms with Gasteiger partial charge in [-0.15, -0.1) is 0 Å². The molecule has 0 bridgehead atoms. The highest BCUT2D eigenvalue weighted by Gasteiger charge is 2.22. The average molecular weight is 568 g/mol. The highest BCUT2D eigenvalue weighted by atomic mass is 35.5. The number of aryl methyl sites for hydroxylation is 1. The van der Waals surface area contributed by atoms with E-state index in [1.54, 1.807) is 18.3 Å². The SMILES string of the molecule is CCc1cc(-c2cnc(NS(=O)(=O)c3ccccc3Cl)nc2OC)cc2cnc(NC3CCC(N)CC3)nc12. The van der Waals surface area contributed by atoms with Gasteiger partial charge in [0.15, 0.2) is 0 Å². The van der Waals surface area contributed by atoms with Crippen LogP contribution in [0.4, 0.5) is 11.9 Å². The van der Waals surface area contributed by atoms with E-state index in [9.17, 15) is 8.42 Å². The molecule has 10 nitrogen and oxygen atoms in total. The van der Waals surface area contributed by atoms with Crippen molar-refractivity contribution in [2.75, 3.05) is 17.1 Å². The number of methoxy groups -OCH3 is 1. The summed E-state index contributed by atoms with van der Waals surface area (Å²) in [5.41, 5.74) is 9.36. The van der Waals surface area contributed by atoms with E-state index in [1.165, 1.54) is 25.4 Å². The number of anilines is 2. The van der Waals surface area contributed by atoms with Crippen LogP contribution in [0.25, 0.3) is 22.0 Å². The second-order valence-corrected chi connectivity index (χ2v) is 11.6. The minimum absolute atomic E-state index is 0.0682. The fraction of sp³-hybridized carbons (Fsp3) is 0.333. The zero-order chi connectivity index (χ0) is 27.6. The molecule has 4 aromatic rings. The molecule has 0 aliphatic heterocycles. The van der Waals surface area contributed by atoms with Gasteiger partial charge in [0.1, 0.15) is 4.90 Å². The van der Waals surface area contributed by atoms with Crippen molar-refractivity contribution in [1.29, 1.82) is 0 Å². The van der Waals surface area contributed by atoms with Crippen LogP contribution < -0.4 is 20.5 Å². The van der Waals surface area contributed by atoms with Gasteiger partial charge in [0, 0.05) is 29.9 Å². The Kier molecular flexibility index (Phi) is 7.83. The number of rotatable bonds is 8.